The number of nitrogens with zero attached hydrogens (tertiary/aromatic N) is 3. The quantitative estimate of drug-likeness (QED) is 0.148. The first-order chi connectivity index (χ1) is 36.5. The Morgan fingerprint density at radius 1 is 0.421 bits per heavy atom. The lowest BCUT2D eigenvalue weighted by molar-refractivity contribution is 0.297. The standard InChI is InChI=1S/C70H68BN3O2/c1-46-40-62-65-63(41-46)74(56-32-30-53(31-33-56)70(8,9)10)66-60(36-37-64-67(66)76-39-17-38-75-64)71(65)59-35-34-57(72(54-18-13-11-14-19-54)55-20-15-12-16-21-55)45-61(59)73(62)58-43-49(47-22-26-51(27-23-47)68(2,3)4)42-50(44-58)48-24-28-52(29-25-48)69(5,6)7/h11-16,18-37,40-45H,17,38-39H2,1-10H3. The Hall–Kier alpha value is -7.96. The van der Waals surface area contributed by atoms with E-state index in [0.29, 0.717) is 13.2 Å². The molecule has 76 heavy (non-hydrogen) atoms. The molecule has 3 aliphatic heterocycles. The van der Waals surface area contributed by atoms with E-state index in [0.717, 1.165) is 85.8 Å². The minimum Gasteiger partial charge on any atom is -0.489 e. The molecule has 0 aliphatic carbocycles. The lowest BCUT2D eigenvalue weighted by atomic mass is 9.33. The lowest BCUT2D eigenvalue weighted by Gasteiger charge is -2.45. The zero-order chi connectivity index (χ0) is 52.7. The molecule has 0 spiro atoms. The molecule has 0 bridgehead atoms. The second kappa shape index (κ2) is 18.7. The van der Waals surface area contributed by atoms with Crippen molar-refractivity contribution in [3.8, 4) is 33.8 Å². The van der Waals surface area contributed by atoms with Gasteiger partial charge in [-0.05, 0) is 169 Å². The molecule has 9 aromatic carbocycles. The maximum atomic E-state index is 6.87. The molecule has 0 saturated carbocycles. The molecular formula is C70H68BN3O2. The fourth-order valence-corrected chi connectivity index (χ4v) is 11.6. The summed E-state index contributed by atoms with van der Waals surface area (Å²) in [4.78, 5) is 7.43. The molecule has 0 atom stereocenters. The third-order valence-electron chi connectivity index (χ3n) is 15.7. The van der Waals surface area contributed by atoms with E-state index in [9.17, 15) is 0 Å². The highest BCUT2D eigenvalue weighted by molar-refractivity contribution is 7.00. The third-order valence-corrected chi connectivity index (χ3v) is 15.7. The number of fused-ring (bicyclic) bond motifs is 6. The molecule has 378 valence electrons. The van der Waals surface area contributed by atoms with Crippen molar-refractivity contribution in [3.05, 3.63) is 216 Å². The van der Waals surface area contributed by atoms with Gasteiger partial charge in [0.2, 0.25) is 0 Å². The van der Waals surface area contributed by atoms with Gasteiger partial charge in [-0.15, -0.1) is 0 Å². The number of hydrogen-bond donors (Lipinski definition) is 0. The second-order valence-corrected chi connectivity index (χ2v) is 24.2. The molecule has 0 N–H and O–H groups in total. The molecular weight excluding hydrogens is 926 g/mol. The summed E-state index contributed by atoms with van der Waals surface area (Å²) in [6.45, 7) is 23.9. The first kappa shape index (κ1) is 49.0. The molecule has 5 nitrogen and oxygen atoms in total. The molecule has 12 rings (SSSR count). The molecule has 6 heteroatoms. The van der Waals surface area contributed by atoms with E-state index >= 15 is 0 Å². The van der Waals surface area contributed by atoms with Crippen molar-refractivity contribution in [1.82, 2.24) is 0 Å². The van der Waals surface area contributed by atoms with Crippen LogP contribution in [0.5, 0.6) is 11.5 Å². The minimum atomic E-state index is -0.136. The summed E-state index contributed by atoms with van der Waals surface area (Å²) >= 11 is 0. The number of aryl methyl sites for hydroxylation is 1. The van der Waals surface area contributed by atoms with Crippen LogP contribution in [0.25, 0.3) is 22.3 Å². The Morgan fingerprint density at radius 2 is 0.921 bits per heavy atom. The maximum absolute atomic E-state index is 6.87. The van der Waals surface area contributed by atoms with Gasteiger partial charge in [0.25, 0.3) is 6.71 Å². The molecule has 0 saturated heterocycles. The minimum absolute atomic E-state index is 0.00369. The van der Waals surface area contributed by atoms with Crippen molar-refractivity contribution in [2.24, 2.45) is 0 Å². The van der Waals surface area contributed by atoms with Gasteiger partial charge in [-0.2, -0.15) is 0 Å². The van der Waals surface area contributed by atoms with Crippen LogP contribution in [0.4, 0.5) is 51.2 Å². The number of anilines is 9. The van der Waals surface area contributed by atoms with E-state index in [1.807, 2.05) is 0 Å². The predicted octanol–water partition coefficient (Wildman–Crippen LogP) is 16.9. The van der Waals surface area contributed by atoms with Gasteiger partial charge in [0.1, 0.15) is 0 Å². The van der Waals surface area contributed by atoms with Gasteiger partial charge in [0, 0.05) is 51.9 Å². The van der Waals surface area contributed by atoms with E-state index in [2.05, 4.69) is 278 Å². The zero-order valence-corrected chi connectivity index (χ0v) is 45.8. The monoisotopic (exact) mass is 994 g/mol. The average Bonchev–Trinajstić information content (AvgIpc) is 3.83. The third kappa shape index (κ3) is 8.81. The number of benzene rings is 9. The summed E-state index contributed by atoms with van der Waals surface area (Å²) < 4.78 is 13.4. The molecule has 9 aromatic rings. The highest BCUT2D eigenvalue weighted by Crippen LogP contribution is 2.51. The normalized spacial score (nSPS) is 13.9. The van der Waals surface area contributed by atoms with Crippen molar-refractivity contribution < 1.29 is 9.47 Å². The predicted molar refractivity (Wildman–Crippen MR) is 322 cm³/mol. The highest BCUT2D eigenvalue weighted by atomic mass is 16.5. The summed E-state index contributed by atoms with van der Waals surface area (Å²) in [6.07, 6.45) is 0.815. The number of para-hydroxylation sites is 2. The van der Waals surface area contributed by atoms with Gasteiger partial charge in [-0.3, -0.25) is 0 Å². The highest BCUT2D eigenvalue weighted by Gasteiger charge is 2.46. The van der Waals surface area contributed by atoms with Crippen LogP contribution in [0.2, 0.25) is 0 Å². The summed E-state index contributed by atoms with van der Waals surface area (Å²) in [5.74, 6) is 1.59. The van der Waals surface area contributed by atoms with Crippen LogP contribution in [-0.4, -0.2) is 19.9 Å². The second-order valence-electron chi connectivity index (χ2n) is 24.2. The number of ether oxygens (including phenoxy) is 2. The number of rotatable bonds is 7. The van der Waals surface area contributed by atoms with Crippen molar-refractivity contribution >= 4 is 74.3 Å². The van der Waals surface area contributed by atoms with E-state index in [-0.39, 0.29) is 23.0 Å². The smallest absolute Gasteiger partial charge is 0.252 e. The molecule has 0 radical (unpaired) electrons. The molecule has 0 fully saturated rings. The molecule has 0 amide bonds. The van der Waals surface area contributed by atoms with Crippen LogP contribution < -0.4 is 40.6 Å². The summed E-state index contributed by atoms with van der Waals surface area (Å²) in [7, 11) is 0. The SMILES string of the molecule is Cc1cc2c3c(c1)N(c1ccc(C(C)(C)C)cc1)c1c(ccc4c1OCCCO4)B3c1ccc(N(c3ccccc3)c3ccccc3)cc1N2c1cc(-c2ccc(C(C)(C)C)cc2)cc(-c2ccc(C(C)(C)C)cc2)c1. The molecule has 3 aliphatic rings. The Balaban J connectivity index is 1.16. The van der Waals surface area contributed by atoms with Gasteiger partial charge >= 0.3 is 0 Å². The fourth-order valence-electron chi connectivity index (χ4n) is 11.6. The van der Waals surface area contributed by atoms with Crippen LogP contribution in [0.1, 0.15) is 91.0 Å². The Bertz CT molecular complexity index is 3510. The van der Waals surface area contributed by atoms with Crippen molar-refractivity contribution in [1.29, 1.82) is 0 Å². The van der Waals surface area contributed by atoms with Crippen LogP contribution >= 0.6 is 0 Å². The van der Waals surface area contributed by atoms with E-state index in [1.165, 1.54) is 44.2 Å². The first-order valence-electron chi connectivity index (χ1n) is 27.2. The van der Waals surface area contributed by atoms with E-state index in [4.69, 9.17) is 9.47 Å². The lowest BCUT2D eigenvalue weighted by Crippen LogP contribution is -2.61. The fraction of sp³-hybridized carbons (Fsp3) is 0.229. The van der Waals surface area contributed by atoms with Crippen molar-refractivity contribution in [2.75, 3.05) is 27.9 Å². The topological polar surface area (TPSA) is 28.2 Å². The zero-order valence-electron chi connectivity index (χ0n) is 45.8. The van der Waals surface area contributed by atoms with Crippen LogP contribution in [0.15, 0.2) is 194 Å². The maximum Gasteiger partial charge on any atom is 0.252 e. The van der Waals surface area contributed by atoms with Crippen LogP contribution in [-0.2, 0) is 16.2 Å². The summed E-state index contributed by atoms with van der Waals surface area (Å²) in [5, 5.41) is 0. The van der Waals surface area contributed by atoms with Crippen molar-refractivity contribution in [3.63, 3.8) is 0 Å². The molecule has 0 unspecified atom stereocenters. The average molecular weight is 994 g/mol. The van der Waals surface area contributed by atoms with E-state index < -0.39 is 0 Å². The summed E-state index contributed by atoms with van der Waals surface area (Å²) in [6, 6.07) is 72.8. The van der Waals surface area contributed by atoms with Gasteiger partial charge in [0.05, 0.1) is 18.9 Å². The first-order valence-corrected chi connectivity index (χ1v) is 27.2. The largest absolute Gasteiger partial charge is 0.489 e. The Morgan fingerprint density at radius 3 is 1.46 bits per heavy atom. The van der Waals surface area contributed by atoms with Gasteiger partial charge in [-0.25, -0.2) is 0 Å². The van der Waals surface area contributed by atoms with Crippen LogP contribution in [0, 0.1) is 6.92 Å². The summed E-state index contributed by atoms with van der Waals surface area (Å²) in [5.41, 5.74) is 23.4. The van der Waals surface area contributed by atoms with Crippen molar-refractivity contribution in [2.45, 2.75) is 91.9 Å². The van der Waals surface area contributed by atoms with Gasteiger partial charge in [0.15, 0.2) is 11.5 Å². The van der Waals surface area contributed by atoms with Gasteiger partial charge < -0.3 is 24.2 Å². The Labute approximate surface area is 451 Å². The molecule has 3 heterocycles. The van der Waals surface area contributed by atoms with E-state index in [1.54, 1.807) is 0 Å². The van der Waals surface area contributed by atoms with Crippen LogP contribution in [0.3, 0.4) is 0 Å². The number of hydrogen-bond acceptors (Lipinski definition) is 5. The van der Waals surface area contributed by atoms with Gasteiger partial charge in [-0.1, -0.05) is 172 Å². The Kier molecular flexibility index (Phi) is 12.0. The molecule has 0 aromatic heterocycles.